The van der Waals surface area contributed by atoms with E-state index in [1.165, 1.54) is 16.4 Å². The van der Waals surface area contributed by atoms with Crippen molar-refractivity contribution in [3.05, 3.63) is 59.2 Å². The highest BCUT2D eigenvalue weighted by Crippen LogP contribution is 2.31. The minimum Gasteiger partial charge on any atom is -0.369 e. The van der Waals surface area contributed by atoms with Gasteiger partial charge < -0.3 is 4.90 Å². The Morgan fingerprint density at radius 2 is 1.48 bits per heavy atom. The van der Waals surface area contributed by atoms with Crippen molar-refractivity contribution in [2.75, 3.05) is 31.1 Å². The van der Waals surface area contributed by atoms with Crippen LogP contribution in [0.4, 0.5) is 18.9 Å². The molecule has 0 aliphatic carbocycles. The van der Waals surface area contributed by atoms with Gasteiger partial charge in [0.25, 0.3) is 0 Å². The lowest BCUT2D eigenvalue weighted by Gasteiger charge is -2.35. The zero-order valence-electron chi connectivity index (χ0n) is 15.1. The predicted molar refractivity (Wildman–Crippen MR) is 98.3 cm³/mol. The molecule has 0 atom stereocenters. The van der Waals surface area contributed by atoms with E-state index >= 15 is 0 Å². The Balaban J connectivity index is 1.71. The molecule has 0 amide bonds. The Labute approximate surface area is 157 Å². The molecule has 1 fully saturated rings. The number of piperazine rings is 1. The summed E-state index contributed by atoms with van der Waals surface area (Å²) in [7, 11) is -3.58. The van der Waals surface area contributed by atoms with Crippen LogP contribution >= 0.6 is 0 Å². The van der Waals surface area contributed by atoms with Crippen LogP contribution in [-0.2, 0) is 16.2 Å². The maximum Gasteiger partial charge on any atom is 0.416 e. The molecule has 2 aromatic carbocycles. The van der Waals surface area contributed by atoms with Crippen LogP contribution in [0.25, 0.3) is 0 Å². The summed E-state index contributed by atoms with van der Waals surface area (Å²) < 4.78 is 65.3. The second kappa shape index (κ2) is 7.16. The van der Waals surface area contributed by atoms with Gasteiger partial charge in [0.1, 0.15) is 0 Å². The Bertz CT molecular complexity index is 917. The molecule has 2 aromatic rings. The van der Waals surface area contributed by atoms with Gasteiger partial charge in [-0.15, -0.1) is 0 Å². The van der Waals surface area contributed by atoms with Gasteiger partial charge >= 0.3 is 6.18 Å². The molecule has 0 saturated carbocycles. The molecule has 1 saturated heterocycles. The Hall–Kier alpha value is -2.06. The number of hydrogen-bond donors (Lipinski definition) is 0. The third-order valence-electron chi connectivity index (χ3n) is 4.75. The molecule has 8 heteroatoms. The molecule has 1 aliphatic heterocycles. The normalized spacial score (nSPS) is 16.6. The Morgan fingerprint density at radius 3 is 2.00 bits per heavy atom. The van der Waals surface area contributed by atoms with Gasteiger partial charge in [0, 0.05) is 31.9 Å². The molecule has 1 aliphatic rings. The molecular formula is C19H21F3N2O2S. The number of benzene rings is 2. The van der Waals surface area contributed by atoms with Crippen LogP contribution in [-0.4, -0.2) is 38.9 Å². The van der Waals surface area contributed by atoms with Gasteiger partial charge in [-0.25, -0.2) is 8.42 Å². The molecule has 3 rings (SSSR count). The molecule has 0 N–H and O–H groups in total. The largest absolute Gasteiger partial charge is 0.416 e. The molecule has 0 aromatic heterocycles. The van der Waals surface area contributed by atoms with Gasteiger partial charge in [0.15, 0.2) is 0 Å². The summed E-state index contributed by atoms with van der Waals surface area (Å²) in [6.45, 7) is 5.11. The van der Waals surface area contributed by atoms with Crippen LogP contribution in [0.3, 0.4) is 0 Å². The topological polar surface area (TPSA) is 40.6 Å². The fourth-order valence-corrected chi connectivity index (χ4v) is 4.90. The van der Waals surface area contributed by atoms with E-state index in [1.807, 2.05) is 17.9 Å². The lowest BCUT2D eigenvalue weighted by molar-refractivity contribution is -0.137. The molecule has 1 heterocycles. The minimum absolute atomic E-state index is 0.288. The Kier molecular flexibility index (Phi) is 5.22. The number of sulfonamides is 1. The SMILES string of the molecule is Cc1ccc(S(=O)(=O)N2CCN(c3ccc(C(F)(F)F)cc3)CC2)c(C)c1. The van der Waals surface area contributed by atoms with Gasteiger partial charge in [-0.3, -0.25) is 0 Å². The standard InChI is InChI=1S/C19H21F3N2O2S/c1-14-3-8-18(15(2)13-14)27(25,26)24-11-9-23(10-12-24)17-6-4-16(5-7-17)19(20,21)22/h3-8,13H,9-12H2,1-2H3. The summed E-state index contributed by atoms with van der Waals surface area (Å²) in [6, 6.07) is 10.2. The molecular weight excluding hydrogens is 377 g/mol. The highest BCUT2D eigenvalue weighted by atomic mass is 32.2. The number of alkyl halides is 3. The van der Waals surface area contributed by atoms with E-state index in [4.69, 9.17) is 0 Å². The van der Waals surface area contributed by atoms with E-state index in [9.17, 15) is 21.6 Å². The molecule has 27 heavy (non-hydrogen) atoms. The summed E-state index contributed by atoms with van der Waals surface area (Å²) in [5, 5.41) is 0. The number of halogens is 3. The summed E-state index contributed by atoms with van der Waals surface area (Å²) in [6.07, 6.45) is -4.36. The minimum atomic E-state index is -4.36. The first-order valence-electron chi connectivity index (χ1n) is 8.58. The van der Waals surface area contributed by atoms with Crippen LogP contribution in [0.15, 0.2) is 47.4 Å². The van der Waals surface area contributed by atoms with Crippen molar-refractivity contribution in [2.45, 2.75) is 24.9 Å². The van der Waals surface area contributed by atoms with E-state index in [-0.39, 0.29) is 13.1 Å². The average Bonchev–Trinajstić information content (AvgIpc) is 2.61. The van der Waals surface area contributed by atoms with Crippen LogP contribution in [0.5, 0.6) is 0 Å². The van der Waals surface area contributed by atoms with Crippen molar-refractivity contribution < 1.29 is 21.6 Å². The van der Waals surface area contributed by atoms with E-state index in [2.05, 4.69) is 0 Å². The van der Waals surface area contributed by atoms with Crippen molar-refractivity contribution >= 4 is 15.7 Å². The van der Waals surface area contributed by atoms with Crippen molar-refractivity contribution in [1.29, 1.82) is 0 Å². The van der Waals surface area contributed by atoms with Crippen LogP contribution in [0.1, 0.15) is 16.7 Å². The number of rotatable bonds is 3. The van der Waals surface area contributed by atoms with Gasteiger partial charge in [-0.1, -0.05) is 17.7 Å². The number of nitrogens with zero attached hydrogens (tertiary/aromatic N) is 2. The first kappa shape index (κ1) is 19.7. The maximum atomic E-state index is 12.9. The maximum absolute atomic E-state index is 12.9. The summed E-state index contributed by atoms with van der Waals surface area (Å²) in [4.78, 5) is 2.20. The van der Waals surface area contributed by atoms with E-state index in [0.29, 0.717) is 29.2 Å². The van der Waals surface area contributed by atoms with Crippen LogP contribution in [0, 0.1) is 13.8 Å². The van der Waals surface area contributed by atoms with Gasteiger partial charge in [-0.2, -0.15) is 17.5 Å². The fraction of sp³-hybridized carbons (Fsp3) is 0.368. The fourth-order valence-electron chi connectivity index (χ4n) is 3.28. The van der Waals surface area contributed by atoms with Crippen molar-refractivity contribution in [3.63, 3.8) is 0 Å². The zero-order chi connectivity index (χ0) is 19.8. The average molecular weight is 398 g/mol. The summed E-state index contributed by atoms with van der Waals surface area (Å²) in [5.41, 5.74) is 1.67. The van der Waals surface area contributed by atoms with Gasteiger partial charge in [-0.05, 0) is 49.7 Å². The molecule has 0 spiro atoms. The smallest absolute Gasteiger partial charge is 0.369 e. The van der Waals surface area contributed by atoms with Crippen LogP contribution < -0.4 is 4.90 Å². The van der Waals surface area contributed by atoms with Crippen molar-refractivity contribution in [1.82, 2.24) is 4.31 Å². The third-order valence-corrected chi connectivity index (χ3v) is 6.81. The second-order valence-corrected chi connectivity index (χ2v) is 8.61. The number of aryl methyl sites for hydroxylation is 2. The van der Waals surface area contributed by atoms with Gasteiger partial charge in [0.2, 0.25) is 10.0 Å². The molecule has 0 bridgehead atoms. The summed E-state index contributed by atoms with van der Waals surface area (Å²) in [5.74, 6) is 0. The third kappa shape index (κ3) is 4.11. The lowest BCUT2D eigenvalue weighted by atomic mass is 10.2. The molecule has 4 nitrogen and oxygen atoms in total. The lowest BCUT2D eigenvalue weighted by Crippen LogP contribution is -2.48. The van der Waals surface area contributed by atoms with Crippen molar-refractivity contribution in [2.24, 2.45) is 0 Å². The van der Waals surface area contributed by atoms with Crippen molar-refractivity contribution in [3.8, 4) is 0 Å². The molecule has 0 unspecified atom stereocenters. The summed E-state index contributed by atoms with van der Waals surface area (Å²) >= 11 is 0. The monoisotopic (exact) mass is 398 g/mol. The quantitative estimate of drug-likeness (QED) is 0.789. The van der Waals surface area contributed by atoms with E-state index < -0.39 is 21.8 Å². The first-order valence-corrected chi connectivity index (χ1v) is 10.0. The van der Waals surface area contributed by atoms with E-state index in [0.717, 1.165) is 17.7 Å². The highest BCUT2D eigenvalue weighted by Gasteiger charge is 2.32. The van der Waals surface area contributed by atoms with Gasteiger partial charge in [0.05, 0.1) is 10.5 Å². The first-order chi connectivity index (χ1) is 12.6. The second-order valence-electron chi connectivity index (χ2n) is 6.70. The van der Waals surface area contributed by atoms with Crippen LogP contribution in [0.2, 0.25) is 0 Å². The molecule has 0 radical (unpaired) electrons. The Morgan fingerprint density at radius 1 is 0.889 bits per heavy atom. The number of hydrogen-bond acceptors (Lipinski definition) is 3. The predicted octanol–water partition coefficient (Wildman–Crippen LogP) is 3.83. The molecule has 146 valence electrons. The zero-order valence-corrected chi connectivity index (χ0v) is 15.9. The highest BCUT2D eigenvalue weighted by molar-refractivity contribution is 7.89. The number of anilines is 1. The van der Waals surface area contributed by atoms with E-state index in [1.54, 1.807) is 19.1 Å².